The molecule has 3 rings (SSSR count). The van der Waals surface area contributed by atoms with Crippen molar-refractivity contribution in [1.29, 1.82) is 0 Å². The van der Waals surface area contributed by atoms with Crippen molar-refractivity contribution in [3.05, 3.63) is 61.9 Å². The van der Waals surface area contributed by atoms with E-state index in [9.17, 15) is 4.79 Å². The number of nitrogens with zero attached hydrogens (tertiary/aromatic N) is 2. The molecule has 23 heavy (non-hydrogen) atoms. The molecule has 0 aliphatic heterocycles. The van der Waals surface area contributed by atoms with Gasteiger partial charge < -0.3 is 4.42 Å². The lowest BCUT2D eigenvalue weighted by atomic mass is 10.0. The van der Waals surface area contributed by atoms with Gasteiger partial charge >= 0.3 is 5.63 Å². The molecule has 0 aliphatic rings. The number of aryl methyl sites for hydroxylation is 2. The molecule has 0 fully saturated rings. The Kier molecular flexibility index (Phi) is 4.33. The first-order valence-corrected chi connectivity index (χ1v) is 8.47. The number of rotatable bonds is 4. The molecule has 0 N–H and O–H groups in total. The lowest BCUT2D eigenvalue weighted by molar-refractivity contribution is 0.253. The Morgan fingerprint density at radius 1 is 1.26 bits per heavy atom. The number of hydrogen-bond acceptors (Lipinski definition) is 5. The van der Waals surface area contributed by atoms with Crippen molar-refractivity contribution in [1.82, 2.24) is 9.88 Å². The van der Waals surface area contributed by atoms with E-state index in [1.165, 1.54) is 5.56 Å². The summed E-state index contributed by atoms with van der Waals surface area (Å²) in [5, 5.41) is 4.07. The van der Waals surface area contributed by atoms with Gasteiger partial charge in [-0.15, -0.1) is 11.3 Å². The largest absolute Gasteiger partial charge is 0.423 e. The Labute approximate surface area is 139 Å². The van der Waals surface area contributed by atoms with Gasteiger partial charge in [-0.1, -0.05) is 0 Å². The zero-order chi connectivity index (χ0) is 16.6. The molecular weight excluding hydrogens is 308 g/mol. The maximum atomic E-state index is 11.9. The minimum absolute atomic E-state index is 0.198. The van der Waals surface area contributed by atoms with Crippen LogP contribution < -0.4 is 5.63 Å². The van der Waals surface area contributed by atoms with Crippen LogP contribution >= 0.6 is 11.3 Å². The Balaban J connectivity index is 1.99. The number of thiazole rings is 1. The third-order valence-electron chi connectivity index (χ3n) is 4.33. The van der Waals surface area contributed by atoms with E-state index < -0.39 is 0 Å². The van der Waals surface area contributed by atoms with E-state index in [1.807, 2.05) is 31.6 Å². The lowest BCUT2D eigenvalue weighted by Crippen LogP contribution is -2.22. The highest BCUT2D eigenvalue weighted by Gasteiger charge is 2.16. The maximum absolute atomic E-state index is 11.9. The highest BCUT2D eigenvalue weighted by Crippen LogP contribution is 2.26. The molecule has 0 aliphatic carbocycles. The fourth-order valence-electron chi connectivity index (χ4n) is 2.65. The quantitative estimate of drug-likeness (QED) is 0.678. The normalized spacial score (nSPS) is 12.9. The van der Waals surface area contributed by atoms with Crippen LogP contribution in [0.1, 0.15) is 34.7 Å². The van der Waals surface area contributed by atoms with Gasteiger partial charge in [0.05, 0.1) is 6.04 Å². The summed E-state index contributed by atoms with van der Waals surface area (Å²) in [7, 11) is 2.05. The van der Waals surface area contributed by atoms with Crippen molar-refractivity contribution in [3.8, 4) is 0 Å². The molecule has 2 aromatic heterocycles. The minimum atomic E-state index is -0.300. The number of hydrogen-bond donors (Lipinski definition) is 0. The summed E-state index contributed by atoms with van der Waals surface area (Å²) in [5.74, 6) is 0. The second-order valence-electron chi connectivity index (χ2n) is 5.98. The molecule has 0 saturated carbocycles. The molecule has 4 nitrogen and oxygen atoms in total. The summed E-state index contributed by atoms with van der Waals surface area (Å²) < 4.78 is 5.37. The molecular formula is C18H20N2O2S. The SMILES string of the molecule is Cc1cc2oc(=O)cc(CN(C)C(C)c3nccs3)c2cc1C. The van der Waals surface area contributed by atoms with Crippen LogP contribution in [0.15, 0.2) is 39.0 Å². The molecule has 3 aromatic rings. The zero-order valence-electron chi connectivity index (χ0n) is 13.8. The topological polar surface area (TPSA) is 46.3 Å². The molecule has 0 bridgehead atoms. The van der Waals surface area contributed by atoms with Gasteiger partial charge in [0.1, 0.15) is 10.6 Å². The number of aromatic nitrogens is 1. The van der Waals surface area contributed by atoms with Crippen LogP contribution in [0.25, 0.3) is 11.0 Å². The van der Waals surface area contributed by atoms with Gasteiger partial charge in [0.2, 0.25) is 0 Å². The van der Waals surface area contributed by atoms with Crippen molar-refractivity contribution in [2.24, 2.45) is 0 Å². The predicted molar refractivity (Wildman–Crippen MR) is 94.0 cm³/mol. The van der Waals surface area contributed by atoms with Gasteiger partial charge in [0.15, 0.2) is 0 Å². The number of fused-ring (bicyclic) bond motifs is 1. The van der Waals surface area contributed by atoms with Crippen LogP contribution in [-0.2, 0) is 6.54 Å². The predicted octanol–water partition coefficient (Wildman–Crippen LogP) is 4.06. The molecule has 0 spiro atoms. The van der Waals surface area contributed by atoms with Crippen molar-refractivity contribution in [2.45, 2.75) is 33.4 Å². The molecule has 2 heterocycles. The Bertz CT molecular complexity index is 884. The van der Waals surface area contributed by atoms with E-state index in [0.717, 1.165) is 21.5 Å². The van der Waals surface area contributed by atoms with Crippen molar-refractivity contribution in [3.63, 3.8) is 0 Å². The summed E-state index contributed by atoms with van der Waals surface area (Å²) in [6.45, 7) is 6.90. The molecule has 5 heteroatoms. The minimum Gasteiger partial charge on any atom is -0.423 e. The first-order chi connectivity index (χ1) is 11.0. The van der Waals surface area contributed by atoms with Crippen LogP contribution in [0, 0.1) is 13.8 Å². The molecule has 0 amide bonds. The average Bonchev–Trinajstić information content (AvgIpc) is 3.02. The zero-order valence-corrected chi connectivity index (χ0v) is 14.6. The molecule has 1 aromatic carbocycles. The second kappa shape index (κ2) is 6.26. The van der Waals surface area contributed by atoms with Crippen molar-refractivity contribution >= 4 is 22.3 Å². The third-order valence-corrected chi connectivity index (χ3v) is 5.28. The van der Waals surface area contributed by atoms with E-state index in [0.29, 0.717) is 12.1 Å². The maximum Gasteiger partial charge on any atom is 0.336 e. The highest BCUT2D eigenvalue weighted by atomic mass is 32.1. The highest BCUT2D eigenvalue weighted by molar-refractivity contribution is 7.09. The van der Waals surface area contributed by atoms with Crippen molar-refractivity contribution < 1.29 is 4.42 Å². The first-order valence-electron chi connectivity index (χ1n) is 7.59. The van der Waals surface area contributed by atoms with Gasteiger partial charge in [-0.3, -0.25) is 4.90 Å². The molecule has 1 atom stereocenters. The Hall–Kier alpha value is -1.98. The van der Waals surface area contributed by atoms with Crippen molar-refractivity contribution in [2.75, 3.05) is 7.05 Å². The Morgan fingerprint density at radius 3 is 2.70 bits per heavy atom. The standard InChI is InChI=1S/C18H20N2O2S/c1-11-7-15-14(9-17(21)22-16(15)8-12(11)2)10-20(4)13(3)18-19-5-6-23-18/h5-9,13H,10H2,1-4H3. The summed E-state index contributed by atoms with van der Waals surface area (Å²) in [6.07, 6.45) is 1.82. The van der Waals surface area contributed by atoms with E-state index in [2.05, 4.69) is 29.8 Å². The van der Waals surface area contributed by atoms with Crippen LogP contribution in [0.2, 0.25) is 0 Å². The Morgan fingerprint density at radius 2 is 2.00 bits per heavy atom. The van der Waals surface area contributed by atoms with Gasteiger partial charge in [-0.2, -0.15) is 0 Å². The van der Waals surface area contributed by atoms with E-state index in [-0.39, 0.29) is 11.7 Å². The molecule has 0 radical (unpaired) electrons. The van der Waals surface area contributed by atoms with E-state index in [1.54, 1.807) is 17.4 Å². The summed E-state index contributed by atoms with van der Waals surface area (Å²) >= 11 is 1.65. The molecule has 0 saturated heterocycles. The van der Waals surface area contributed by atoms with Gasteiger partial charge in [-0.25, -0.2) is 9.78 Å². The van der Waals surface area contributed by atoms with Gasteiger partial charge in [0, 0.05) is 29.6 Å². The monoisotopic (exact) mass is 328 g/mol. The third kappa shape index (κ3) is 3.21. The fraction of sp³-hybridized carbons (Fsp3) is 0.333. The van der Waals surface area contributed by atoms with Gasteiger partial charge in [-0.05, 0) is 56.6 Å². The second-order valence-corrected chi connectivity index (χ2v) is 6.91. The summed E-state index contributed by atoms with van der Waals surface area (Å²) in [5.41, 5.74) is 3.67. The van der Waals surface area contributed by atoms with E-state index >= 15 is 0 Å². The average molecular weight is 328 g/mol. The molecule has 1 unspecified atom stereocenters. The fourth-order valence-corrected chi connectivity index (χ4v) is 3.41. The van der Waals surface area contributed by atoms with Crippen LogP contribution in [0.4, 0.5) is 0 Å². The molecule has 120 valence electrons. The smallest absolute Gasteiger partial charge is 0.336 e. The lowest BCUT2D eigenvalue weighted by Gasteiger charge is -2.23. The van der Waals surface area contributed by atoms with Crippen LogP contribution in [0.5, 0.6) is 0 Å². The van der Waals surface area contributed by atoms with Crippen LogP contribution in [-0.4, -0.2) is 16.9 Å². The number of benzene rings is 1. The summed E-state index contributed by atoms with van der Waals surface area (Å²) in [6, 6.07) is 5.84. The van der Waals surface area contributed by atoms with Gasteiger partial charge in [0.25, 0.3) is 0 Å². The van der Waals surface area contributed by atoms with E-state index in [4.69, 9.17) is 4.42 Å². The summed E-state index contributed by atoms with van der Waals surface area (Å²) in [4.78, 5) is 18.5. The first kappa shape index (κ1) is 15.9. The van der Waals surface area contributed by atoms with Crippen LogP contribution in [0.3, 0.4) is 0 Å².